The second-order valence-corrected chi connectivity index (χ2v) is 11.4. The lowest BCUT2D eigenvalue weighted by Crippen LogP contribution is -2.38. The highest BCUT2D eigenvalue weighted by atomic mass is 35.5. The first kappa shape index (κ1) is 28.7. The third kappa shape index (κ3) is 7.09. The van der Waals surface area contributed by atoms with E-state index in [0.29, 0.717) is 43.8 Å². The average molecular weight is 630 g/mol. The summed E-state index contributed by atoms with van der Waals surface area (Å²) in [5.41, 5.74) is 4.24. The average Bonchev–Trinajstić information content (AvgIpc) is 3.53. The van der Waals surface area contributed by atoms with Crippen molar-refractivity contribution in [3.8, 4) is 11.3 Å². The topological polar surface area (TPSA) is 121 Å². The van der Waals surface area contributed by atoms with E-state index in [0.717, 1.165) is 21.4 Å². The number of imidazole rings is 1. The molecular formula is C28H23Cl3N6O3S. The molecule has 5 rings (SSSR count). The quantitative estimate of drug-likeness (QED) is 0.141. The first-order valence-electron chi connectivity index (χ1n) is 12.3. The number of nitrogens with zero attached hydrogens (tertiary/aromatic N) is 2. The number of amides is 3. The number of benzene rings is 3. The van der Waals surface area contributed by atoms with Gasteiger partial charge in [0, 0.05) is 28.4 Å². The lowest BCUT2D eigenvalue weighted by molar-refractivity contribution is 0.187. The molecule has 0 radical (unpaired) electrons. The minimum Gasteiger partial charge on any atom is -0.453 e. The molecule has 1 atom stereocenters. The molecule has 0 saturated heterocycles. The summed E-state index contributed by atoms with van der Waals surface area (Å²) in [4.78, 5) is 36.8. The first-order valence-corrected chi connectivity index (χ1v) is 14.3. The van der Waals surface area contributed by atoms with Crippen molar-refractivity contribution in [2.45, 2.75) is 19.0 Å². The summed E-state index contributed by atoms with van der Waals surface area (Å²) in [7, 11) is 1.29. The van der Waals surface area contributed by atoms with Gasteiger partial charge >= 0.3 is 12.1 Å². The van der Waals surface area contributed by atoms with Gasteiger partial charge in [0.05, 0.1) is 23.4 Å². The molecular weight excluding hydrogens is 607 g/mol. The standard InChI is InChI=1S/C28H23Cl3N6O3S/c1-40-28(39)33-19-9-7-16(8-10-19)23-24(30)37-25(35-23)20(11-15-5-3-2-4-6-15)34-27(38)32-14-17-12-18(29)13-21-22(17)36-26(31)41-21/h2-10,12-13,20H,11,14H2,1H3,(H,33,39)(H,35,37)(H2,32,34,38)/t20-/m0/s1. The molecule has 2 aromatic heterocycles. The Kier molecular flexibility index (Phi) is 8.94. The monoisotopic (exact) mass is 628 g/mol. The molecule has 0 fully saturated rings. The fourth-order valence-corrected chi connectivity index (χ4v) is 5.89. The molecule has 0 aliphatic carbocycles. The SMILES string of the molecule is COC(=O)Nc1ccc(-c2nc([C@H](Cc3ccccc3)NC(=O)NCc3cc(Cl)cc4sc(Cl)nc34)[nH]c2Cl)cc1. The number of halogens is 3. The second kappa shape index (κ2) is 12.8. The number of hydrogen-bond acceptors (Lipinski definition) is 6. The predicted octanol–water partition coefficient (Wildman–Crippen LogP) is 7.61. The number of thiazole rings is 1. The number of aromatic amines is 1. The lowest BCUT2D eigenvalue weighted by Gasteiger charge is -2.18. The van der Waals surface area contributed by atoms with E-state index >= 15 is 0 Å². The van der Waals surface area contributed by atoms with Crippen LogP contribution in [0.2, 0.25) is 14.6 Å². The molecule has 2 heterocycles. The number of nitrogens with one attached hydrogen (secondary N) is 4. The summed E-state index contributed by atoms with van der Waals surface area (Å²) in [5, 5.41) is 9.34. The van der Waals surface area contributed by atoms with Crippen LogP contribution in [0.1, 0.15) is 23.0 Å². The van der Waals surface area contributed by atoms with Crippen molar-refractivity contribution in [2.24, 2.45) is 0 Å². The number of urea groups is 1. The minimum absolute atomic E-state index is 0.192. The fourth-order valence-electron chi connectivity index (χ4n) is 4.23. The van der Waals surface area contributed by atoms with E-state index < -0.39 is 18.2 Å². The van der Waals surface area contributed by atoms with Crippen LogP contribution in [0.5, 0.6) is 0 Å². The van der Waals surface area contributed by atoms with Crippen LogP contribution in [-0.4, -0.2) is 34.2 Å². The van der Waals surface area contributed by atoms with E-state index in [2.05, 4.69) is 30.7 Å². The smallest absolute Gasteiger partial charge is 0.411 e. The first-order chi connectivity index (χ1) is 19.8. The maximum atomic E-state index is 13.1. The second-order valence-electron chi connectivity index (χ2n) is 8.93. The summed E-state index contributed by atoms with van der Waals surface area (Å²) >= 11 is 20.2. The molecule has 4 N–H and O–H groups in total. The van der Waals surface area contributed by atoms with Crippen LogP contribution in [0.25, 0.3) is 21.5 Å². The highest BCUT2D eigenvalue weighted by Crippen LogP contribution is 2.32. The molecule has 0 spiro atoms. The molecule has 3 aromatic carbocycles. The zero-order valence-electron chi connectivity index (χ0n) is 21.5. The number of H-pyrrole nitrogens is 1. The minimum atomic E-state index is -0.568. The normalized spacial score (nSPS) is 11.7. The van der Waals surface area contributed by atoms with Crippen molar-refractivity contribution in [3.63, 3.8) is 0 Å². The van der Waals surface area contributed by atoms with Crippen LogP contribution in [0.3, 0.4) is 0 Å². The number of carbonyl (C=O) groups excluding carboxylic acids is 2. The molecule has 0 aliphatic heterocycles. The molecule has 210 valence electrons. The molecule has 5 aromatic rings. The Morgan fingerprint density at radius 2 is 1.78 bits per heavy atom. The number of aromatic nitrogens is 3. The number of methoxy groups -OCH3 is 1. The highest BCUT2D eigenvalue weighted by Gasteiger charge is 2.22. The number of rotatable bonds is 8. The Morgan fingerprint density at radius 1 is 1.02 bits per heavy atom. The van der Waals surface area contributed by atoms with Crippen molar-refractivity contribution in [1.82, 2.24) is 25.6 Å². The van der Waals surface area contributed by atoms with Gasteiger partial charge in [-0.25, -0.2) is 19.6 Å². The van der Waals surface area contributed by atoms with Crippen molar-refractivity contribution in [1.29, 1.82) is 0 Å². The molecule has 9 nitrogen and oxygen atoms in total. The Balaban J connectivity index is 1.35. The van der Waals surface area contributed by atoms with Gasteiger partial charge in [-0.1, -0.05) is 77.3 Å². The Bertz CT molecular complexity index is 1690. The molecule has 0 bridgehead atoms. The third-order valence-corrected chi connectivity index (χ3v) is 7.74. The number of ether oxygens (including phenoxy) is 1. The summed E-state index contributed by atoms with van der Waals surface area (Å²) in [6.07, 6.45) is -0.107. The summed E-state index contributed by atoms with van der Waals surface area (Å²) in [6.45, 7) is 0.192. The predicted molar refractivity (Wildman–Crippen MR) is 163 cm³/mol. The van der Waals surface area contributed by atoms with Crippen molar-refractivity contribution >= 4 is 74.2 Å². The molecule has 3 amide bonds. The zero-order valence-corrected chi connectivity index (χ0v) is 24.6. The van der Waals surface area contributed by atoms with Crippen molar-refractivity contribution in [2.75, 3.05) is 12.4 Å². The maximum absolute atomic E-state index is 13.1. The third-order valence-electron chi connectivity index (χ3n) is 6.14. The van der Waals surface area contributed by atoms with Gasteiger partial charge in [-0.3, -0.25) is 5.32 Å². The van der Waals surface area contributed by atoms with Crippen LogP contribution in [0.15, 0.2) is 66.7 Å². The van der Waals surface area contributed by atoms with E-state index in [-0.39, 0.29) is 6.54 Å². The van der Waals surface area contributed by atoms with Crippen LogP contribution in [0, 0.1) is 0 Å². The molecule has 41 heavy (non-hydrogen) atoms. The number of hydrogen-bond donors (Lipinski definition) is 4. The Morgan fingerprint density at radius 3 is 2.51 bits per heavy atom. The van der Waals surface area contributed by atoms with Gasteiger partial charge in [0.1, 0.15) is 16.7 Å². The van der Waals surface area contributed by atoms with E-state index in [9.17, 15) is 9.59 Å². The van der Waals surface area contributed by atoms with E-state index in [1.807, 2.05) is 30.3 Å². The van der Waals surface area contributed by atoms with Gasteiger partial charge in [-0.2, -0.15) is 0 Å². The number of carbonyl (C=O) groups is 2. The number of fused-ring (bicyclic) bond motifs is 1. The Hall–Kier alpha value is -3.83. The van der Waals surface area contributed by atoms with Crippen LogP contribution in [-0.2, 0) is 17.7 Å². The van der Waals surface area contributed by atoms with Crippen molar-refractivity contribution in [3.05, 3.63) is 98.3 Å². The molecule has 0 saturated carbocycles. The summed E-state index contributed by atoms with van der Waals surface area (Å²) < 4.78 is 5.86. The zero-order chi connectivity index (χ0) is 28.9. The van der Waals surface area contributed by atoms with Gasteiger partial charge in [-0.15, -0.1) is 11.3 Å². The maximum Gasteiger partial charge on any atom is 0.411 e. The van der Waals surface area contributed by atoms with Gasteiger partial charge in [0.2, 0.25) is 0 Å². The molecule has 0 unspecified atom stereocenters. The van der Waals surface area contributed by atoms with Gasteiger partial charge in [0.25, 0.3) is 0 Å². The van der Waals surface area contributed by atoms with Crippen molar-refractivity contribution < 1.29 is 14.3 Å². The van der Waals surface area contributed by atoms with Crippen LogP contribution in [0.4, 0.5) is 15.3 Å². The lowest BCUT2D eigenvalue weighted by atomic mass is 10.1. The van der Waals surface area contributed by atoms with E-state index in [1.54, 1.807) is 36.4 Å². The van der Waals surface area contributed by atoms with Gasteiger partial charge in [-0.05, 0) is 36.2 Å². The van der Waals surface area contributed by atoms with Crippen LogP contribution >= 0.6 is 46.1 Å². The highest BCUT2D eigenvalue weighted by molar-refractivity contribution is 7.22. The van der Waals surface area contributed by atoms with Crippen LogP contribution < -0.4 is 16.0 Å². The fraction of sp³-hybridized carbons (Fsp3) is 0.143. The largest absolute Gasteiger partial charge is 0.453 e. The molecule has 0 aliphatic rings. The molecule has 13 heteroatoms. The van der Waals surface area contributed by atoms with Gasteiger partial charge < -0.3 is 20.4 Å². The van der Waals surface area contributed by atoms with Gasteiger partial charge in [0.15, 0.2) is 4.47 Å². The van der Waals surface area contributed by atoms with E-state index in [1.165, 1.54) is 18.4 Å². The van der Waals surface area contributed by atoms with E-state index in [4.69, 9.17) is 39.8 Å². The Labute approximate surface area is 254 Å². The summed E-state index contributed by atoms with van der Waals surface area (Å²) in [5.74, 6) is 0.484. The summed E-state index contributed by atoms with van der Waals surface area (Å²) in [6, 6.07) is 19.3. The number of anilines is 1.